The van der Waals surface area contributed by atoms with Crippen molar-refractivity contribution < 1.29 is 32.2 Å². The summed E-state index contributed by atoms with van der Waals surface area (Å²) in [6, 6.07) is 12.1. The lowest BCUT2D eigenvalue weighted by Gasteiger charge is -2.44. The highest BCUT2D eigenvalue weighted by Gasteiger charge is 2.44. The Kier molecular flexibility index (Phi) is 10.0. The number of ether oxygens (including phenoxy) is 2. The SMILES string of the molecule is CC(C)(C)OC(=O)N1CC(F)C(CN(C(=O)N2CCC2)C(c2nc(-c3cc(F)ccc3F)cn2Cc2ccccc2)C2CCOCC2)C1. The number of carbonyl (C=O) groups is 2. The number of amides is 3. The zero-order valence-electron chi connectivity index (χ0n) is 27.8. The minimum Gasteiger partial charge on any atom is -0.444 e. The molecular formula is C36H44F3N5O4. The highest BCUT2D eigenvalue weighted by molar-refractivity contribution is 5.76. The third kappa shape index (κ3) is 7.64. The Bertz CT molecular complexity index is 1590. The average molecular weight is 668 g/mol. The van der Waals surface area contributed by atoms with Gasteiger partial charge >= 0.3 is 12.1 Å². The summed E-state index contributed by atoms with van der Waals surface area (Å²) in [5, 5.41) is 0. The molecule has 3 unspecified atom stereocenters. The fraction of sp³-hybridized carbons (Fsp3) is 0.528. The van der Waals surface area contributed by atoms with Crippen LogP contribution in [-0.4, -0.2) is 94.1 Å². The molecule has 12 heteroatoms. The molecule has 4 heterocycles. The second-order valence-electron chi connectivity index (χ2n) is 14.1. The van der Waals surface area contributed by atoms with Crippen molar-refractivity contribution in [1.82, 2.24) is 24.3 Å². The van der Waals surface area contributed by atoms with Crippen molar-refractivity contribution >= 4 is 12.1 Å². The second-order valence-corrected chi connectivity index (χ2v) is 14.1. The van der Waals surface area contributed by atoms with Crippen LogP contribution in [0, 0.1) is 23.5 Å². The van der Waals surface area contributed by atoms with Crippen LogP contribution < -0.4 is 0 Å². The predicted octanol–water partition coefficient (Wildman–Crippen LogP) is 6.68. The fourth-order valence-corrected chi connectivity index (χ4v) is 6.76. The van der Waals surface area contributed by atoms with Crippen molar-refractivity contribution in [3.63, 3.8) is 0 Å². The number of imidazole rings is 1. The molecule has 0 aliphatic carbocycles. The molecule has 0 radical (unpaired) electrons. The van der Waals surface area contributed by atoms with Crippen LogP contribution >= 0.6 is 0 Å². The molecule has 3 aliphatic rings. The van der Waals surface area contributed by atoms with E-state index in [1.165, 1.54) is 4.90 Å². The van der Waals surface area contributed by atoms with Crippen molar-refractivity contribution in [1.29, 1.82) is 0 Å². The summed E-state index contributed by atoms with van der Waals surface area (Å²) >= 11 is 0. The van der Waals surface area contributed by atoms with Gasteiger partial charge in [-0.3, -0.25) is 0 Å². The van der Waals surface area contributed by atoms with Gasteiger partial charge in [0.25, 0.3) is 0 Å². The smallest absolute Gasteiger partial charge is 0.410 e. The molecule has 2 aromatic carbocycles. The van der Waals surface area contributed by atoms with Crippen molar-refractivity contribution in [3.8, 4) is 11.3 Å². The van der Waals surface area contributed by atoms with Crippen LogP contribution in [0.5, 0.6) is 0 Å². The Labute approximate surface area is 279 Å². The summed E-state index contributed by atoms with van der Waals surface area (Å²) in [7, 11) is 0. The summed E-state index contributed by atoms with van der Waals surface area (Å²) in [6.07, 6.45) is 1.87. The molecular weight excluding hydrogens is 623 g/mol. The van der Waals surface area contributed by atoms with E-state index in [9.17, 15) is 14.0 Å². The highest BCUT2D eigenvalue weighted by Crippen LogP contribution is 2.39. The van der Waals surface area contributed by atoms with E-state index in [0.717, 1.165) is 30.2 Å². The maximum atomic E-state index is 15.8. The number of aromatic nitrogens is 2. The number of carbonyl (C=O) groups excluding carboxylic acids is 2. The summed E-state index contributed by atoms with van der Waals surface area (Å²) in [4.78, 5) is 37.1. The van der Waals surface area contributed by atoms with Crippen molar-refractivity contribution in [2.24, 2.45) is 11.8 Å². The van der Waals surface area contributed by atoms with Gasteiger partial charge in [-0.25, -0.2) is 27.7 Å². The molecule has 3 saturated heterocycles. The lowest BCUT2D eigenvalue weighted by atomic mass is 9.89. The Hall–Kier alpha value is -4.06. The number of likely N-dealkylation sites (tertiary alicyclic amines) is 2. The van der Waals surface area contributed by atoms with Gasteiger partial charge in [-0.1, -0.05) is 30.3 Å². The summed E-state index contributed by atoms with van der Waals surface area (Å²) < 4.78 is 58.5. The van der Waals surface area contributed by atoms with E-state index in [2.05, 4.69) is 0 Å². The van der Waals surface area contributed by atoms with Crippen LogP contribution in [0.3, 0.4) is 0 Å². The number of benzene rings is 2. The first kappa shape index (κ1) is 33.8. The van der Waals surface area contributed by atoms with Gasteiger partial charge in [0.2, 0.25) is 0 Å². The standard InChI is InChI=1S/C36H44F3N5O4/c1-36(2,3)48-35(46)43-20-26(30(39)22-43)21-44(34(45)41-14-7-15-41)32(25-12-16-47-17-13-25)33-40-31(28-18-27(37)10-11-29(28)38)23-42(33)19-24-8-5-4-6-9-24/h4-6,8-11,18,23,25-26,30,32H,7,12-17,19-22H2,1-3H3. The number of halogens is 3. The summed E-state index contributed by atoms with van der Waals surface area (Å²) in [6.45, 7) is 7.81. The fourth-order valence-electron chi connectivity index (χ4n) is 6.76. The van der Waals surface area contributed by atoms with Crippen LogP contribution in [0.15, 0.2) is 54.7 Å². The molecule has 3 amide bonds. The van der Waals surface area contributed by atoms with Crippen LogP contribution in [0.4, 0.5) is 22.8 Å². The van der Waals surface area contributed by atoms with Gasteiger partial charge in [0.15, 0.2) is 0 Å². The zero-order chi connectivity index (χ0) is 34.0. The summed E-state index contributed by atoms with van der Waals surface area (Å²) in [5.74, 6) is -1.46. The van der Waals surface area contributed by atoms with Gasteiger partial charge in [-0.05, 0) is 69.7 Å². The molecule has 3 aliphatic heterocycles. The number of hydrogen-bond donors (Lipinski definition) is 0. The molecule has 6 rings (SSSR count). The Morgan fingerprint density at radius 1 is 1.04 bits per heavy atom. The first-order valence-corrected chi connectivity index (χ1v) is 16.8. The minimum atomic E-state index is -1.37. The molecule has 258 valence electrons. The number of urea groups is 1. The van der Waals surface area contributed by atoms with Gasteiger partial charge in [0.05, 0.1) is 18.3 Å². The van der Waals surface area contributed by atoms with Crippen LogP contribution in [0.1, 0.15) is 57.5 Å². The molecule has 9 nitrogen and oxygen atoms in total. The first-order valence-electron chi connectivity index (χ1n) is 16.8. The Balaban J connectivity index is 1.42. The maximum Gasteiger partial charge on any atom is 0.410 e. The quantitative estimate of drug-likeness (QED) is 0.268. The number of hydrogen-bond acceptors (Lipinski definition) is 5. The number of alkyl halides is 1. The van der Waals surface area contributed by atoms with E-state index < -0.39 is 41.5 Å². The van der Waals surface area contributed by atoms with Gasteiger partial charge < -0.3 is 28.7 Å². The molecule has 0 saturated carbocycles. The van der Waals surface area contributed by atoms with E-state index in [1.807, 2.05) is 34.9 Å². The molecule has 0 N–H and O–H groups in total. The molecule has 48 heavy (non-hydrogen) atoms. The minimum absolute atomic E-state index is 0.0158. The van der Waals surface area contributed by atoms with Gasteiger partial charge in [-0.2, -0.15) is 0 Å². The van der Waals surface area contributed by atoms with Crippen LogP contribution in [0.2, 0.25) is 0 Å². The van der Waals surface area contributed by atoms with E-state index in [1.54, 1.807) is 36.8 Å². The van der Waals surface area contributed by atoms with Crippen molar-refractivity contribution in [2.45, 2.75) is 64.4 Å². The number of nitrogens with zero attached hydrogens (tertiary/aromatic N) is 5. The topological polar surface area (TPSA) is 80.1 Å². The van der Waals surface area contributed by atoms with Crippen LogP contribution in [-0.2, 0) is 16.0 Å². The average Bonchev–Trinajstić information content (AvgIpc) is 3.60. The van der Waals surface area contributed by atoms with Gasteiger partial charge in [-0.15, -0.1) is 0 Å². The molecule has 3 fully saturated rings. The van der Waals surface area contributed by atoms with Crippen molar-refractivity contribution in [2.75, 3.05) is 45.9 Å². The molecule has 3 aromatic rings. The summed E-state index contributed by atoms with van der Waals surface area (Å²) in [5.41, 5.74) is 0.485. The largest absolute Gasteiger partial charge is 0.444 e. The Morgan fingerprint density at radius 2 is 1.77 bits per heavy atom. The second kappa shape index (κ2) is 14.2. The molecule has 1 aromatic heterocycles. The molecule has 0 spiro atoms. The van der Waals surface area contributed by atoms with E-state index in [4.69, 9.17) is 14.5 Å². The Morgan fingerprint density at radius 3 is 2.44 bits per heavy atom. The normalized spacial score (nSPS) is 20.8. The van der Waals surface area contributed by atoms with E-state index >= 15 is 8.78 Å². The third-order valence-electron chi connectivity index (χ3n) is 9.34. The monoisotopic (exact) mass is 667 g/mol. The van der Waals surface area contributed by atoms with Gasteiger partial charge in [0.1, 0.15) is 29.2 Å². The van der Waals surface area contributed by atoms with Gasteiger partial charge in [0, 0.05) is 63.6 Å². The lowest BCUT2D eigenvalue weighted by molar-refractivity contribution is 0.0161. The first-order chi connectivity index (χ1) is 23.0. The van der Waals surface area contributed by atoms with Crippen LogP contribution in [0.25, 0.3) is 11.3 Å². The maximum absolute atomic E-state index is 15.8. The van der Waals surface area contributed by atoms with E-state index in [-0.39, 0.29) is 42.8 Å². The number of rotatable bonds is 8. The van der Waals surface area contributed by atoms with E-state index in [0.29, 0.717) is 51.5 Å². The predicted molar refractivity (Wildman–Crippen MR) is 174 cm³/mol. The molecule has 0 bridgehead atoms. The highest BCUT2D eigenvalue weighted by atomic mass is 19.1. The van der Waals surface area contributed by atoms with Crippen molar-refractivity contribution in [3.05, 3.63) is 77.8 Å². The zero-order valence-corrected chi connectivity index (χ0v) is 27.8. The lowest BCUT2D eigenvalue weighted by Crippen LogP contribution is -2.54. The third-order valence-corrected chi connectivity index (χ3v) is 9.34. The molecule has 3 atom stereocenters.